The van der Waals surface area contributed by atoms with Gasteiger partial charge in [0.25, 0.3) is 0 Å². The Morgan fingerprint density at radius 3 is 2.55 bits per heavy atom. The van der Waals surface area contributed by atoms with E-state index in [1.54, 1.807) is 6.33 Å². The molecule has 1 aromatic heterocycles. The fraction of sp³-hybridized carbons (Fsp3) is 0.812. The number of hydrogen-bond donors (Lipinski definition) is 2. The number of imidazole rings is 1. The molecule has 2 N–H and O–H groups in total. The van der Waals surface area contributed by atoms with Crippen molar-refractivity contribution in [2.24, 2.45) is 0 Å². The van der Waals surface area contributed by atoms with Crippen LogP contribution in [-0.4, -0.2) is 40.0 Å². The van der Waals surface area contributed by atoms with Gasteiger partial charge in [0.05, 0.1) is 6.33 Å². The molecule has 0 amide bonds. The summed E-state index contributed by atoms with van der Waals surface area (Å²) in [6.45, 7) is 4.67. The molecular formula is C16H28N4. The Labute approximate surface area is 122 Å². The highest BCUT2D eigenvalue weighted by molar-refractivity contribution is 4.98. The number of rotatable bonds is 5. The summed E-state index contributed by atoms with van der Waals surface area (Å²) in [7, 11) is 0. The SMILES string of the molecule is c1ncc(CNCC2(N3CCCCC3)CCCCC2)[nH]1. The van der Waals surface area contributed by atoms with Crippen LogP contribution < -0.4 is 5.32 Å². The second-order valence-corrected chi connectivity index (χ2v) is 6.51. The van der Waals surface area contributed by atoms with Gasteiger partial charge in [0.2, 0.25) is 0 Å². The number of nitrogens with zero attached hydrogens (tertiary/aromatic N) is 2. The van der Waals surface area contributed by atoms with Crippen molar-refractivity contribution >= 4 is 0 Å². The lowest BCUT2D eigenvalue weighted by Crippen LogP contribution is -2.57. The van der Waals surface area contributed by atoms with Gasteiger partial charge in [-0.1, -0.05) is 25.7 Å². The third-order valence-corrected chi connectivity index (χ3v) is 5.14. The van der Waals surface area contributed by atoms with Gasteiger partial charge >= 0.3 is 0 Å². The van der Waals surface area contributed by atoms with E-state index in [9.17, 15) is 0 Å². The molecule has 1 aliphatic heterocycles. The lowest BCUT2D eigenvalue weighted by Gasteiger charge is -2.48. The molecule has 0 aromatic carbocycles. The Balaban J connectivity index is 1.59. The summed E-state index contributed by atoms with van der Waals surface area (Å²) in [6, 6.07) is 0. The predicted octanol–water partition coefficient (Wildman–Crippen LogP) is 2.69. The Bertz CT molecular complexity index is 375. The van der Waals surface area contributed by atoms with Crippen LogP contribution in [0.15, 0.2) is 12.5 Å². The van der Waals surface area contributed by atoms with Crippen molar-refractivity contribution < 1.29 is 0 Å². The summed E-state index contributed by atoms with van der Waals surface area (Å²) in [5.41, 5.74) is 1.62. The summed E-state index contributed by atoms with van der Waals surface area (Å²) in [5.74, 6) is 0. The van der Waals surface area contributed by atoms with E-state index in [1.807, 2.05) is 6.20 Å². The Morgan fingerprint density at radius 1 is 1.10 bits per heavy atom. The van der Waals surface area contributed by atoms with Crippen molar-refractivity contribution in [1.29, 1.82) is 0 Å². The van der Waals surface area contributed by atoms with Crippen molar-refractivity contribution in [1.82, 2.24) is 20.2 Å². The highest BCUT2D eigenvalue weighted by Crippen LogP contribution is 2.35. The second kappa shape index (κ2) is 6.72. The summed E-state index contributed by atoms with van der Waals surface area (Å²) in [6.07, 6.45) is 14.9. The first kappa shape index (κ1) is 14.1. The maximum Gasteiger partial charge on any atom is 0.0922 e. The van der Waals surface area contributed by atoms with E-state index in [1.165, 1.54) is 70.2 Å². The quantitative estimate of drug-likeness (QED) is 0.869. The van der Waals surface area contributed by atoms with E-state index in [-0.39, 0.29) is 0 Å². The van der Waals surface area contributed by atoms with E-state index in [0.29, 0.717) is 5.54 Å². The van der Waals surface area contributed by atoms with Crippen LogP contribution in [0, 0.1) is 0 Å². The lowest BCUT2D eigenvalue weighted by molar-refractivity contribution is 0.0332. The van der Waals surface area contributed by atoms with Gasteiger partial charge in [-0.15, -0.1) is 0 Å². The minimum atomic E-state index is 0.429. The van der Waals surface area contributed by atoms with Crippen molar-refractivity contribution in [2.45, 2.75) is 63.5 Å². The standard InChI is InChI=1S/C16H28N4/c1-3-7-16(8-4-1,20-9-5-2-6-10-20)13-17-11-15-12-18-14-19-15/h12,14,17H,1-11,13H2,(H,18,19). The summed E-state index contributed by atoms with van der Waals surface area (Å²) >= 11 is 0. The van der Waals surface area contributed by atoms with Crippen LogP contribution in [-0.2, 0) is 6.54 Å². The molecule has 0 bridgehead atoms. The van der Waals surface area contributed by atoms with Crippen LogP contribution in [0.4, 0.5) is 0 Å². The van der Waals surface area contributed by atoms with Crippen LogP contribution in [0.5, 0.6) is 0 Å². The van der Waals surface area contributed by atoms with Crippen LogP contribution in [0.1, 0.15) is 57.1 Å². The number of piperidine rings is 1. The number of nitrogens with one attached hydrogen (secondary N) is 2. The molecule has 0 atom stereocenters. The first-order chi connectivity index (χ1) is 9.89. The fourth-order valence-electron chi connectivity index (χ4n) is 3.99. The molecule has 0 unspecified atom stereocenters. The lowest BCUT2D eigenvalue weighted by atomic mass is 9.79. The number of H-pyrrole nitrogens is 1. The molecule has 1 saturated heterocycles. The van der Waals surface area contributed by atoms with Gasteiger partial charge in [0.15, 0.2) is 0 Å². The van der Waals surface area contributed by atoms with Gasteiger partial charge in [-0.2, -0.15) is 0 Å². The first-order valence-electron chi connectivity index (χ1n) is 8.32. The van der Waals surface area contributed by atoms with Crippen LogP contribution in [0.25, 0.3) is 0 Å². The zero-order valence-corrected chi connectivity index (χ0v) is 12.5. The van der Waals surface area contributed by atoms with Gasteiger partial charge in [0, 0.05) is 30.5 Å². The molecule has 4 nitrogen and oxygen atoms in total. The average molecular weight is 276 g/mol. The number of aromatic amines is 1. The molecule has 2 fully saturated rings. The normalized spacial score (nSPS) is 23.8. The molecule has 2 heterocycles. The largest absolute Gasteiger partial charge is 0.347 e. The zero-order valence-electron chi connectivity index (χ0n) is 12.5. The van der Waals surface area contributed by atoms with Crippen molar-refractivity contribution in [3.8, 4) is 0 Å². The third-order valence-electron chi connectivity index (χ3n) is 5.14. The van der Waals surface area contributed by atoms with Crippen molar-refractivity contribution in [3.05, 3.63) is 18.2 Å². The third kappa shape index (κ3) is 3.23. The predicted molar refractivity (Wildman–Crippen MR) is 81.5 cm³/mol. The van der Waals surface area contributed by atoms with E-state index in [2.05, 4.69) is 20.2 Å². The molecule has 0 spiro atoms. The maximum absolute atomic E-state index is 4.09. The average Bonchev–Trinajstić information content (AvgIpc) is 3.02. The molecule has 1 saturated carbocycles. The van der Waals surface area contributed by atoms with Gasteiger partial charge < -0.3 is 10.3 Å². The Morgan fingerprint density at radius 2 is 1.85 bits per heavy atom. The molecule has 2 aliphatic rings. The van der Waals surface area contributed by atoms with Gasteiger partial charge in [-0.25, -0.2) is 4.98 Å². The molecule has 0 radical (unpaired) electrons. The number of hydrogen-bond acceptors (Lipinski definition) is 3. The van der Waals surface area contributed by atoms with E-state index in [0.717, 1.165) is 13.1 Å². The highest BCUT2D eigenvalue weighted by Gasteiger charge is 2.37. The second-order valence-electron chi connectivity index (χ2n) is 6.51. The van der Waals surface area contributed by atoms with E-state index in [4.69, 9.17) is 0 Å². The smallest absolute Gasteiger partial charge is 0.0922 e. The Kier molecular flexibility index (Phi) is 4.73. The topological polar surface area (TPSA) is 44.0 Å². The molecular weight excluding hydrogens is 248 g/mol. The fourth-order valence-corrected chi connectivity index (χ4v) is 3.99. The summed E-state index contributed by atoms with van der Waals surface area (Å²) in [4.78, 5) is 10.1. The molecule has 112 valence electrons. The zero-order chi connectivity index (χ0) is 13.7. The molecule has 1 aromatic rings. The monoisotopic (exact) mass is 276 g/mol. The highest BCUT2D eigenvalue weighted by atomic mass is 15.2. The Hall–Kier alpha value is -0.870. The van der Waals surface area contributed by atoms with Crippen LogP contribution in [0.2, 0.25) is 0 Å². The van der Waals surface area contributed by atoms with Crippen LogP contribution >= 0.6 is 0 Å². The molecule has 3 rings (SSSR count). The number of aromatic nitrogens is 2. The van der Waals surface area contributed by atoms with E-state index >= 15 is 0 Å². The summed E-state index contributed by atoms with van der Waals surface area (Å²) < 4.78 is 0. The maximum atomic E-state index is 4.09. The van der Waals surface area contributed by atoms with Crippen molar-refractivity contribution in [3.63, 3.8) is 0 Å². The molecule has 1 aliphatic carbocycles. The van der Waals surface area contributed by atoms with Gasteiger partial charge in [-0.05, 0) is 38.8 Å². The molecule has 20 heavy (non-hydrogen) atoms. The van der Waals surface area contributed by atoms with Crippen LogP contribution in [0.3, 0.4) is 0 Å². The van der Waals surface area contributed by atoms with Gasteiger partial charge in [0.1, 0.15) is 0 Å². The molecule has 4 heteroatoms. The summed E-state index contributed by atoms with van der Waals surface area (Å²) in [5, 5.41) is 3.68. The minimum Gasteiger partial charge on any atom is -0.347 e. The first-order valence-corrected chi connectivity index (χ1v) is 8.32. The van der Waals surface area contributed by atoms with Gasteiger partial charge in [-0.3, -0.25) is 4.90 Å². The van der Waals surface area contributed by atoms with Crippen molar-refractivity contribution in [2.75, 3.05) is 19.6 Å². The number of likely N-dealkylation sites (tertiary alicyclic amines) is 1. The minimum absolute atomic E-state index is 0.429. The van der Waals surface area contributed by atoms with E-state index < -0.39 is 0 Å².